The van der Waals surface area contributed by atoms with Gasteiger partial charge < -0.3 is 9.30 Å². The third-order valence-corrected chi connectivity index (χ3v) is 4.03. The third-order valence-electron chi connectivity index (χ3n) is 4.03. The molecule has 0 spiro atoms. The molecule has 0 amide bonds. The maximum absolute atomic E-state index is 12.5. The largest absolute Gasteiger partial charge is 0.460 e. The average molecular weight is 336 g/mol. The summed E-state index contributed by atoms with van der Waals surface area (Å²) in [7, 11) is 3.34. The smallest absolute Gasteiger partial charge is 0.332 e. The highest BCUT2D eigenvalue weighted by atomic mass is 16.6. The van der Waals surface area contributed by atoms with Crippen LogP contribution >= 0.6 is 0 Å². The molecule has 0 bridgehead atoms. The zero-order chi connectivity index (χ0) is 18.1. The number of aromatic nitrogens is 4. The van der Waals surface area contributed by atoms with E-state index in [-0.39, 0.29) is 17.2 Å². The Kier molecular flexibility index (Phi) is 4.96. The molecule has 2 aromatic heterocycles. The predicted molar refractivity (Wildman–Crippen MR) is 89.9 cm³/mol. The molecule has 0 aromatic carbocycles. The van der Waals surface area contributed by atoms with Crippen molar-refractivity contribution in [1.82, 2.24) is 18.7 Å². The van der Waals surface area contributed by atoms with Crippen LogP contribution < -0.4 is 11.2 Å². The van der Waals surface area contributed by atoms with Crippen LogP contribution in [-0.2, 0) is 30.2 Å². The van der Waals surface area contributed by atoms with Gasteiger partial charge in [0.15, 0.2) is 11.2 Å². The standard InChI is InChI=1S/C16H24N4O4/c1-11(21)24-16(2,3)8-6-7-9-20-14(22)12-13(17-10-18(12)4)19(5)15(20)23/h10H,6-9H2,1-5H3. The molecule has 0 atom stereocenters. The fourth-order valence-corrected chi connectivity index (χ4v) is 2.85. The van der Waals surface area contributed by atoms with Gasteiger partial charge in [-0.05, 0) is 33.1 Å². The van der Waals surface area contributed by atoms with E-state index < -0.39 is 5.60 Å². The summed E-state index contributed by atoms with van der Waals surface area (Å²) >= 11 is 0. The van der Waals surface area contributed by atoms with E-state index in [1.165, 1.54) is 22.4 Å². The Hall–Kier alpha value is -2.38. The number of hydrogen-bond donors (Lipinski definition) is 0. The minimum absolute atomic E-state index is 0.313. The van der Waals surface area contributed by atoms with Crippen LogP contribution in [0.4, 0.5) is 0 Å². The van der Waals surface area contributed by atoms with E-state index in [4.69, 9.17) is 4.74 Å². The second-order valence-corrected chi connectivity index (χ2v) is 6.64. The van der Waals surface area contributed by atoms with Gasteiger partial charge in [-0.25, -0.2) is 9.78 Å². The van der Waals surface area contributed by atoms with Gasteiger partial charge in [-0.3, -0.25) is 18.7 Å². The fourth-order valence-electron chi connectivity index (χ4n) is 2.85. The molecule has 8 nitrogen and oxygen atoms in total. The van der Waals surface area contributed by atoms with Crippen LogP contribution in [0, 0.1) is 0 Å². The molecule has 8 heteroatoms. The van der Waals surface area contributed by atoms with Crippen molar-refractivity contribution in [3.63, 3.8) is 0 Å². The molecule has 24 heavy (non-hydrogen) atoms. The van der Waals surface area contributed by atoms with Gasteiger partial charge in [0.05, 0.1) is 6.33 Å². The number of carbonyl (C=O) groups is 1. The summed E-state index contributed by atoms with van der Waals surface area (Å²) in [6, 6.07) is 0. The summed E-state index contributed by atoms with van der Waals surface area (Å²) in [6.07, 6.45) is 3.57. The summed E-state index contributed by atoms with van der Waals surface area (Å²) in [6.45, 7) is 5.40. The van der Waals surface area contributed by atoms with Crippen molar-refractivity contribution >= 4 is 17.1 Å². The van der Waals surface area contributed by atoms with Crippen LogP contribution in [0.2, 0.25) is 0 Å². The molecule has 0 N–H and O–H groups in total. The van der Waals surface area contributed by atoms with Gasteiger partial charge in [0, 0.05) is 27.6 Å². The van der Waals surface area contributed by atoms with Crippen molar-refractivity contribution in [2.45, 2.75) is 52.2 Å². The van der Waals surface area contributed by atoms with E-state index in [2.05, 4.69) is 4.98 Å². The summed E-state index contributed by atoms with van der Waals surface area (Å²) in [5.74, 6) is -0.313. The van der Waals surface area contributed by atoms with E-state index in [1.807, 2.05) is 13.8 Å². The number of aryl methyl sites for hydroxylation is 2. The van der Waals surface area contributed by atoms with Gasteiger partial charge >= 0.3 is 11.7 Å². The maximum Gasteiger partial charge on any atom is 0.332 e. The normalized spacial score (nSPS) is 11.9. The number of esters is 1. The van der Waals surface area contributed by atoms with Crippen LogP contribution in [0.3, 0.4) is 0 Å². The Labute approximate surface area is 139 Å². The molecule has 0 saturated carbocycles. The van der Waals surface area contributed by atoms with E-state index in [0.29, 0.717) is 30.6 Å². The van der Waals surface area contributed by atoms with Gasteiger partial charge in [-0.2, -0.15) is 0 Å². The number of fused-ring (bicyclic) bond motifs is 1. The van der Waals surface area contributed by atoms with Crippen molar-refractivity contribution in [2.24, 2.45) is 14.1 Å². The molecule has 0 aliphatic rings. The van der Waals surface area contributed by atoms with E-state index >= 15 is 0 Å². The van der Waals surface area contributed by atoms with E-state index in [0.717, 1.165) is 6.42 Å². The molecule has 2 aromatic rings. The number of imidazole rings is 1. The molecule has 0 aliphatic carbocycles. The number of unbranched alkanes of at least 4 members (excludes halogenated alkanes) is 1. The molecule has 0 saturated heterocycles. The van der Waals surface area contributed by atoms with Crippen LogP contribution in [0.1, 0.15) is 40.0 Å². The molecular formula is C16H24N4O4. The van der Waals surface area contributed by atoms with Gasteiger partial charge in [0.25, 0.3) is 5.56 Å². The third kappa shape index (κ3) is 3.58. The van der Waals surface area contributed by atoms with Crippen molar-refractivity contribution in [1.29, 1.82) is 0 Å². The topological polar surface area (TPSA) is 88.1 Å². The van der Waals surface area contributed by atoms with Crippen molar-refractivity contribution in [3.05, 3.63) is 27.2 Å². The van der Waals surface area contributed by atoms with Gasteiger partial charge in [0.2, 0.25) is 0 Å². The Morgan fingerprint density at radius 2 is 1.92 bits per heavy atom. The fraction of sp³-hybridized carbons (Fsp3) is 0.625. The molecule has 0 unspecified atom stereocenters. The molecular weight excluding hydrogens is 312 g/mol. The van der Waals surface area contributed by atoms with E-state index in [1.54, 1.807) is 18.7 Å². The second-order valence-electron chi connectivity index (χ2n) is 6.64. The Bertz CT molecular complexity index is 873. The quantitative estimate of drug-likeness (QED) is 0.579. The monoisotopic (exact) mass is 336 g/mol. The highest BCUT2D eigenvalue weighted by Crippen LogP contribution is 2.18. The number of rotatable bonds is 6. The summed E-state index contributed by atoms with van der Waals surface area (Å²) < 4.78 is 9.48. The predicted octanol–water partition coefficient (Wildman–Crippen LogP) is 0.946. The minimum Gasteiger partial charge on any atom is -0.460 e. The zero-order valence-corrected chi connectivity index (χ0v) is 14.8. The van der Waals surface area contributed by atoms with E-state index in [9.17, 15) is 14.4 Å². The van der Waals surface area contributed by atoms with Crippen LogP contribution in [0.15, 0.2) is 15.9 Å². The first-order valence-corrected chi connectivity index (χ1v) is 7.94. The highest BCUT2D eigenvalue weighted by molar-refractivity contribution is 5.69. The molecule has 0 fully saturated rings. The molecule has 132 valence electrons. The Morgan fingerprint density at radius 3 is 2.54 bits per heavy atom. The second kappa shape index (κ2) is 6.62. The SMILES string of the molecule is CC(=O)OC(C)(C)CCCCn1c(=O)c2c(ncn2C)n(C)c1=O. The highest BCUT2D eigenvalue weighted by Gasteiger charge is 2.21. The lowest BCUT2D eigenvalue weighted by Crippen LogP contribution is -2.39. The zero-order valence-electron chi connectivity index (χ0n) is 14.8. The van der Waals surface area contributed by atoms with Gasteiger partial charge in [-0.1, -0.05) is 0 Å². The van der Waals surface area contributed by atoms with Crippen LogP contribution in [0.25, 0.3) is 11.2 Å². The van der Waals surface area contributed by atoms with Crippen molar-refractivity contribution in [3.8, 4) is 0 Å². The lowest BCUT2D eigenvalue weighted by Gasteiger charge is -2.24. The Morgan fingerprint density at radius 1 is 1.25 bits per heavy atom. The number of ether oxygens (including phenoxy) is 1. The first-order chi connectivity index (χ1) is 11.1. The number of hydrogen-bond acceptors (Lipinski definition) is 5. The van der Waals surface area contributed by atoms with Gasteiger partial charge in [-0.15, -0.1) is 0 Å². The lowest BCUT2D eigenvalue weighted by atomic mass is 10.0. The first-order valence-electron chi connectivity index (χ1n) is 7.94. The number of carbonyl (C=O) groups excluding carboxylic acids is 1. The molecule has 2 heterocycles. The van der Waals surface area contributed by atoms with Crippen molar-refractivity contribution in [2.75, 3.05) is 0 Å². The molecule has 2 rings (SSSR count). The molecule has 0 radical (unpaired) electrons. The summed E-state index contributed by atoms with van der Waals surface area (Å²) in [5, 5.41) is 0. The molecule has 0 aliphatic heterocycles. The maximum atomic E-state index is 12.5. The summed E-state index contributed by atoms with van der Waals surface area (Å²) in [5.41, 5.74) is -0.442. The summed E-state index contributed by atoms with van der Waals surface area (Å²) in [4.78, 5) is 40.0. The first kappa shape index (κ1) is 18.0. The van der Waals surface area contributed by atoms with Gasteiger partial charge in [0.1, 0.15) is 5.60 Å². The van der Waals surface area contributed by atoms with Crippen LogP contribution in [0.5, 0.6) is 0 Å². The number of nitrogens with zero attached hydrogens (tertiary/aromatic N) is 4. The lowest BCUT2D eigenvalue weighted by molar-refractivity contribution is -0.154. The minimum atomic E-state index is -0.548. The van der Waals surface area contributed by atoms with Crippen molar-refractivity contribution < 1.29 is 9.53 Å². The Balaban J connectivity index is 2.14. The average Bonchev–Trinajstić information content (AvgIpc) is 2.85. The van der Waals surface area contributed by atoms with Crippen LogP contribution in [-0.4, -0.2) is 30.3 Å².